The third kappa shape index (κ3) is 4.63. The van der Waals surface area contributed by atoms with Gasteiger partial charge in [0.1, 0.15) is 5.75 Å². The number of rotatable bonds is 6. The Morgan fingerprint density at radius 3 is 2.74 bits per heavy atom. The Kier molecular flexibility index (Phi) is 5.79. The van der Waals surface area contributed by atoms with Crippen LogP contribution in [0.3, 0.4) is 0 Å². The number of aromatic nitrogens is 2. The average Bonchev–Trinajstić information content (AvgIpc) is 2.79. The van der Waals surface area contributed by atoms with Gasteiger partial charge in [-0.2, -0.15) is 0 Å². The second-order valence-electron chi connectivity index (χ2n) is 7.28. The van der Waals surface area contributed by atoms with Gasteiger partial charge in [-0.15, -0.1) is 0 Å². The van der Waals surface area contributed by atoms with E-state index in [2.05, 4.69) is 20.6 Å². The number of ether oxygens (including phenoxy) is 1. The van der Waals surface area contributed by atoms with Gasteiger partial charge in [-0.05, 0) is 48.4 Å². The molecular formula is C23H23N5O3. The fourth-order valence-corrected chi connectivity index (χ4v) is 3.36. The molecular weight excluding hydrogens is 394 g/mol. The van der Waals surface area contributed by atoms with Gasteiger partial charge in [-0.25, -0.2) is 4.98 Å². The summed E-state index contributed by atoms with van der Waals surface area (Å²) in [6, 6.07) is 13.0. The molecule has 8 heteroatoms. The summed E-state index contributed by atoms with van der Waals surface area (Å²) < 4.78 is 5.19. The Morgan fingerprint density at radius 2 is 2.00 bits per heavy atom. The first-order chi connectivity index (χ1) is 15.0. The van der Waals surface area contributed by atoms with Gasteiger partial charge >= 0.3 is 0 Å². The summed E-state index contributed by atoms with van der Waals surface area (Å²) >= 11 is 0. The second kappa shape index (κ2) is 8.83. The van der Waals surface area contributed by atoms with Crippen LogP contribution in [-0.2, 0) is 17.9 Å². The van der Waals surface area contributed by atoms with E-state index in [1.54, 1.807) is 24.3 Å². The Balaban J connectivity index is 1.53. The van der Waals surface area contributed by atoms with Crippen molar-refractivity contribution < 1.29 is 14.3 Å². The van der Waals surface area contributed by atoms with Crippen LogP contribution in [0.1, 0.15) is 27.2 Å². The van der Waals surface area contributed by atoms with Crippen molar-refractivity contribution in [1.82, 2.24) is 15.3 Å². The molecule has 0 saturated carbocycles. The number of anilines is 2. The quantitative estimate of drug-likeness (QED) is 0.640. The van der Waals surface area contributed by atoms with Crippen molar-refractivity contribution in [2.45, 2.75) is 20.0 Å². The van der Waals surface area contributed by atoms with Gasteiger partial charge < -0.3 is 20.3 Å². The van der Waals surface area contributed by atoms with Crippen LogP contribution in [0.2, 0.25) is 0 Å². The van der Waals surface area contributed by atoms with Crippen LogP contribution in [0, 0.1) is 6.92 Å². The number of hydrogen-bond donors (Lipinski definition) is 2. The Bertz CT molecular complexity index is 1110. The number of carbonyl (C=O) groups excluding carboxylic acids is 2. The van der Waals surface area contributed by atoms with E-state index in [-0.39, 0.29) is 18.4 Å². The number of fused-ring (bicyclic) bond motifs is 1. The first kappa shape index (κ1) is 20.3. The summed E-state index contributed by atoms with van der Waals surface area (Å²) in [5.74, 6) is 0.956. The predicted octanol–water partition coefficient (Wildman–Crippen LogP) is 2.68. The number of amides is 2. The van der Waals surface area contributed by atoms with Gasteiger partial charge in [0.05, 0.1) is 43.7 Å². The second-order valence-corrected chi connectivity index (χ2v) is 7.28. The molecule has 1 aliphatic heterocycles. The highest BCUT2D eigenvalue weighted by Crippen LogP contribution is 2.30. The molecule has 1 aliphatic rings. The number of methoxy groups -OCH3 is 1. The molecule has 0 atom stereocenters. The van der Waals surface area contributed by atoms with E-state index >= 15 is 0 Å². The molecule has 31 heavy (non-hydrogen) atoms. The maximum Gasteiger partial charge on any atom is 0.253 e. The molecule has 1 aromatic carbocycles. The monoisotopic (exact) mass is 417 g/mol. The minimum atomic E-state index is -0.277. The number of hydrogen-bond acceptors (Lipinski definition) is 6. The van der Waals surface area contributed by atoms with Gasteiger partial charge in [-0.3, -0.25) is 14.6 Å². The van der Waals surface area contributed by atoms with Crippen molar-refractivity contribution in [2.24, 2.45) is 0 Å². The van der Waals surface area contributed by atoms with E-state index in [4.69, 9.17) is 4.74 Å². The summed E-state index contributed by atoms with van der Waals surface area (Å²) in [5, 5.41) is 5.87. The maximum atomic E-state index is 12.7. The average molecular weight is 417 g/mol. The molecule has 8 nitrogen and oxygen atoms in total. The van der Waals surface area contributed by atoms with Crippen LogP contribution in [0.15, 0.2) is 54.9 Å². The van der Waals surface area contributed by atoms with E-state index in [0.717, 1.165) is 22.6 Å². The molecule has 158 valence electrons. The molecule has 0 radical (unpaired) electrons. The molecule has 2 aromatic heterocycles. The van der Waals surface area contributed by atoms with Crippen molar-refractivity contribution in [3.63, 3.8) is 0 Å². The summed E-state index contributed by atoms with van der Waals surface area (Å²) in [7, 11) is 1.61. The van der Waals surface area contributed by atoms with Crippen molar-refractivity contribution in [2.75, 3.05) is 23.9 Å². The predicted molar refractivity (Wildman–Crippen MR) is 117 cm³/mol. The first-order valence-corrected chi connectivity index (χ1v) is 9.90. The molecule has 2 N–H and O–H groups in total. The van der Waals surface area contributed by atoms with Crippen LogP contribution in [0.5, 0.6) is 5.75 Å². The number of nitrogens with zero attached hydrogens (tertiary/aromatic N) is 3. The van der Waals surface area contributed by atoms with Crippen molar-refractivity contribution in [3.8, 4) is 5.75 Å². The standard InChI is InChI=1S/C23H23N5O3/c1-15-7-8-24-18(9-15)12-27-23(30)17-10-20-22(25-11-17)26-13-21(29)28(20)14-16-3-5-19(31-2)6-4-16/h3-11H,12-14H2,1-2H3,(H,25,26)(H,27,30). The van der Waals surface area contributed by atoms with Crippen LogP contribution in [0.4, 0.5) is 11.5 Å². The van der Waals surface area contributed by atoms with Crippen molar-refractivity contribution in [3.05, 3.63) is 77.2 Å². The summed E-state index contributed by atoms with van der Waals surface area (Å²) in [5.41, 5.74) is 3.75. The highest BCUT2D eigenvalue weighted by Gasteiger charge is 2.26. The lowest BCUT2D eigenvalue weighted by atomic mass is 10.1. The number of carbonyl (C=O) groups is 2. The number of nitrogens with one attached hydrogen (secondary N) is 2. The van der Waals surface area contributed by atoms with Crippen LogP contribution in [-0.4, -0.2) is 35.4 Å². The van der Waals surface area contributed by atoms with E-state index in [1.807, 2.05) is 43.3 Å². The smallest absolute Gasteiger partial charge is 0.253 e. The largest absolute Gasteiger partial charge is 0.497 e. The lowest BCUT2D eigenvalue weighted by molar-refractivity contribution is -0.117. The van der Waals surface area contributed by atoms with Gasteiger partial charge in [0.25, 0.3) is 5.91 Å². The lowest BCUT2D eigenvalue weighted by Crippen LogP contribution is -2.40. The Hall–Kier alpha value is -3.94. The van der Waals surface area contributed by atoms with Crippen LogP contribution >= 0.6 is 0 Å². The molecule has 0 aliphatic carbocycles. The molecule has 0 spiro atoms. The minimum Gasteiger partial charge on any atom is -0.497 e. The zero-order valence-corrected chi connectivity index (χ0v) is 17.4. The molecule has 0 saturated heterocycles. The van der Waals surface area contributed by atoms with Crippen molar-refractivity contribution >= 4 is 23.3 Å². The van der Waals surface area contributed by atoms with E-state index in [1.165, 1.54) is 6.20 Å². The van der Waals surface area contributed by atoms with Gasteiger partial charge in [0, 0.05) is 12.4 Å². The minimum absolute atomic E-state index is 0.0911. The molecule has 0 unspecified atom stereocenters. The number of benzene rings is 1. The molecule has 0 bridgehead atoms. The van der Waals surface area contributed by atoms with E-state index < -0.39 is 0 Å². The third-order valence-electron chi connectivity index (χ3n) is 5.03. The summed E-state index contributed by atoms with van der Waals surface area (Å²) in [6.07, 6.45) is 3.22. The highest BCUT2D eigenvalue weighted by molar-refractivity contribution is 6.04. The molecule has 3 heterocycles. The Labute approximate surface area is 180 Å². The van der Waals surface area contributed by atoms with Gasteiger partial charge in [-0.1, -0.05) is 12.1 Å². The topological polar surface area (TPSA) is 96.5 Å². The number of pyridine rings is 2. The number of aryl methyl sites for hydroxylation is 1. The Morgan fingerprint density at radius 1 is 1.19 bits per heavy atom. The molecule has 0 fully saturated rings. The first-order valence-electron chi connectivity index (χ1n) is 9.90. The van der Waals surface area contributed by atoms with Crippen molar-refractivity contribution in [1.29, 1.82) is 0 Å². The third-order valence-corrected chi connectivity index (χ3v) is 5.03. The van der Waals surface area contributed by atoms with E-state index in [9.17, 15) is 9.59 Å². The highest BCUT2D eigenvalue weighted by atomic mass is 16.5. The zero-order chi connectivity index (χ0) is 21.8. The van der Waals surface area contributed by atoms with Gasteiger partial charge in [0.2, 0.25) is 5.91 Å². The van der Waals surface area contributed by atoms with Gasteiger partial charge in [0.15, 0.2) is 5.82 Å². The molecule has 3 aromatic rings. The molecule has 4 rings (SSSR count). The lowest BCUT2D eigenvalue weighted by Gasteiger charge is -2.29. The van der Waals surface area contributed by atoms with Crippen LogP contribution < -0.4 is 20.3 Å². The fourth-order valence-electron chi connectivity index (χ4n) is 3.36. The summed E-state index contributed by atoms with van der Waals surface area (Å²) in [4.78, 5) is 35.6. The summed E-state index contributed by atoms with van der Waals surface area (Å²) in [6.45, 7) is 2.81. The van der Waals surface area contributed by atoms with E-state index in [0.29, 0.717) is 30.2 Å². The normalized spacial score (nSPS) is 12.7. The fraction of sp³-hybridized carbons (Fsp3) is 0.217. The zero-order valence-electron chi connectivity index (χ0n) is 17.4. The van der Waals surface area contributed by atoms with Crippen LogP contribution in [0.25, 0.3) is 0 Å². The molecule has 2 amide bonds. The maximum absolute atomic E-state index is 12.7. The SMILES string of the molecule is COc1ccc(CN2C(=O)CNc3ncc(C(=O)NCc4cc(C)ccn4)cc32)cc1.